The van der Waals surface area contributed by atoms with Crippen LogP contribution in [0.25, 0.3) is 10.9 Å². The second-order valence-corrected chi connectivity index (χ2v) is 16.9. The van der Waals surface area contributed by atoms with Crippen LogP contribution in [-0.4, -0.2) is 38.7 Å². The molecule has 4 amide bonds. The van der Waals surface area contributed by atoms with Crippen LogP contribution in [0.5, 0.6) is 0 Å². The Balaban J connectivity index is 0.000000170. The SMILES string of the molecule is Cn1ncc2ccc(NS(=O)(=O)NC(=O)Nc3c4c(cc5c3CCC5)CCC4)cc21.O=C(Nc1c2c(cc3c1CCC3)CCC2)NS(=O)(=O)Cl. The molecule has 0 saturated carbocycles. The van der Waals surface area contributed by atoms with E-state index in [0.717, 1.165) is 122 Å². The van der Waals surface area contributed by atoms with E-state index >= 15 is 0 Å². The molecular formula is C34H38ClN7O6S2. The van der Waals surface area contributed by atoms with Gasteiger partial charge in [-0.25, -0.2) is 19.0 Å². The molecule has 0 unspecified atom stereocenters. The fraction of sp³-hybridized carbons (Fsp3) is 0.382. The predicted octanol–water partition coefficient (Wildman–Crippen LogP) is 5.30. The molecule has 1 heterocycles. The van der Waals surface area contributed by atoms with Gasteiger partial charge in [0.15, 0.2) is 0 Å². The number of aryl methyl sites for hydroxylation is 5. The lowest BCUT2D eigenvalue weighted by atomic mass is 9.99. The van der Waals surface area contributed by atoms with E-state index in [1.54, 1.807) is 40.8 Å². The van der Waals surface area contributed by atoms with Crippen LogP contribution in [-0.2, 0) is 77.9 Å². The van der Waals surface area contributed by atoms with Gasteiger partial charge in [-0.05, 0) is 140 Å². The minimum atomic E-state index is -4.09. The van der Waals surface area contributed by atoms with Gasteiger partial charge in [-0.1, -0.05) is 12.1 Å². The van der Waals surface area contributed by atoms with E-state index in [4.69, 9.17) is 10.7 Å². The summed E-state index contributed by atoms with van der Waals surface area (Å²) in [6.07, 6.45) is 13.7. The molecule has 5 N–H and O–H groups in total. The molecule has 13 nitrogen and oxygen atoms in total. The Labute approximate surface area is 295 Å². The van der Waals surface area contributed by atoms with Gasteiger partial charge >= 0.3 is 31.5 Å². The summed E-state index contributed by atoms with van der Waals surface area (Å²) in [5.41, 5.74) is 12.4. The van der Waals surface area contributed by atoms with Crippen LogP contribution in [0.2, 0.25) is 0 Å². The average Bonchev–Trinajstić information content (AvgIpc) is 3.87. The lowest BCUT2D eigenvalue weighted by Gasteiger charge is -2.17. The third kappa shape index (κ3) is 7.25. The van der Waals surface area contributed by atoms with E-state index in [-0.39, 0.29) is 0 Å². The smallest absolute Gasteiger partial charge is 0.307 e. The molecule has 3 aromatic carbocycles. The number of urea groups is 2. The summed E-state index contributed by atoms with van der Waals surface area (Å²) in [7, 11) is -1.34. The minimum absolute atomic E-state index is 0.355. The zero-order valence-electron chi connectivity index (χ0n) is 27.5. The summed E-state index contributed by atoms with van der Waals surface area (Å²) < 4.78 is 54.7. The van der Waals surface area contributed by atoms with Crippen LogP contribution in [0, 0.1) is 0 Å². The molecule has 50 heavy (non-hydrogen) atoms. The maximum atomic E-state index is 12.6. The van der Waals surface area contributed by atoms with Gasteiger partial charge in [-0.2, -0.15) is 21.9 Å². The molecule has 1 aromatic heterocycles. The van der Waals surface area contributed by atoms with E-state index in [9.17, 15) is 26.4 Å². The Kier molecular flexibility index (Phi) is 9.16. The van der Waals surface area contributed by atoms with Gasteiger partial charge in [-0.15, -0.1) is 0 Å². The lowest BCUT2D eigenvalue weighted by Crippen LogP contribution is -2.38. The molecule has 16 heteroatoms. The summed E-state index contributed by atoms with van der Waals surface area (Å²) in [4.78, 5) is 24.3. The maximum absolute atomic E-state index is 12.6. The van der Waals surface area contributed by atoms with Gasteiger partial charge in [0.1, 0.15) is 0 Å². The van der Waals surface area contributed by atoms with Crippen LogP contribution in [0.15, 0.2) is 36.5 Å². The first-order chi connectivity index (χ1) is 23.8. The second-order valence-electron chi connectivity index (χ2n) is 13.2. The first-order valence-electron chi connectivity index (χ1n) is 16.7. The molecule has 0 bridgehead atoms. The minimum Gasteiger partial charge on any atom is -0.307 e. The topological polar surface area (TPSA) is 180 Å². The molecule has 264 valence electrons. The van der Waals surface area contributed by atoms with Gasteiger partial charge in [0.25, 0.3) is 0 Å². The number of hydrogen-bond donors (Lipinski definition) is 5. The van der Waals surface area contributed by atoms with E-state index < -0.39 is 31.5 Å². The summed E-state index contributed by atoms with van der Waals surface area (Å²) >= 11 is 0. The number of carbonyl (C=O) groups is 2. The average molecular weight is 740 g/mol. The van der Waals surface area contributed by atoms with Crippen molar-refractivity contribution in [2.45, 2.75) is 77.0 Å². The van der Waals surface area contributed by atoms with E-state index in [2.05, 4.69) is 37.3 Å². The van der Waals surface area contributed by atoms with Crippen molar-refractivity contribution in [3.63, 3.8) is 0 Å². The van der Waals surface area contributed by atoms with Gasteiger partial charge in [-0.3, -0.25) is 9.40 Å². The lowest BCUT2D eigenvalue weighted by molar-refractivity contribution is 0.255. The first-order valence-corrected chi connectivity index (χ1v) is 20.5. The van der Waals surface area contributed by atoms with Crippen molar-refractivity contribution < 1.29 is 26.4 Å². The third-order valence-electron chi connectivity index (χ3n) is 9.87. The number of aromatic nitrogens is 2. The van der Waals surface area contributed by atoms with Crippen molar-refractivity contribution >= 4 is 70.2 Å². The second kappa shape index (κ2) is 13.4. The van der Waals surface area contributed by atoms with Crippen LogP contribution in [0.1, 0.15) is 70.2 Å². The number of hydrogen-bond acceptors (Lipinski definition) is 7. The highest BCUT2D eigenvalue weighted by Crippen LogP contribution is 2.40. The molecule has 0 fully saturated rings. The van der Waals surface area contributed by atoms with Crippen LogP contribution in [0.3, 0.4) is 0 Å². The molecule has 4 aliphatic rings. The predicted molar refractivity (Wildman–Crippen MR) is 193 cm³/mol. The number of benzene rings is 3. The first kappa shape index (κ1) is 34.1. The number of amides is 4. The zero-order valence-corrected chi connectivity index (χ0v) is 29.9. The van der Waals surface area contributed by atoms with Crippen LogP contribution >= 0.6 is 10.7 Å². The van der Waals surface area contributed by atoms with E-state index in [1.807, 2.05) is 0 Å². The third-order valence-corrected chi connectivity index (χ3v) is 11.5. The molecule has 8 rings (SSSR count). The highest BCUT2D eigenvalue weighted by Gasteiger charge is 2.27. The molecule has 0 aliphatic heterocycles. The summed E-state index contributed by atoms with van der Waals surface area (Å²) in [6, 6.07) is 8.05. The normalized spacial score (nSPS) is 15.7. The van der Waals surface area contributed by atoms with Crippen molar-refractivity contribution in [3.05, 3.63) is 81.0 Å². The number of carbonyl (C=O) groups excluding carboxylic acids is 2. The zero-order chi connectivity index (χ0) is 35.2. The van der Waals surface area contributed by atoms with E-state index in [1.165, 1.54) is 22.3 Å². The number of anilines is 3. The van der Waals surface area contributed by atoms with Gasteiger partial charge in [0, 0.05) is 34.5 Å². The standard InChI is InChI=1S/C21H23N5O3S.C13H15ClN2O3S/c1-26-19-11-16(9-8-15(19)12-22-26)24-30(28,29)25-21(27)23-20-17-6-2-4-13(17)10-14-5-3-7-18(14)20;14-20(18,19)16-13(17)15-12-10-5-1-3-8(10)7-9-4-2-6-11(9)12/h8-12,24H,2-7H2,1H3,(H2,23,25,27);7H,1-6H2,(H2,15,16,17). The summed E-state index contributed by atoms with van der Waals surface area (Å²) in [5, 5.41) is 10.6. The maximum Gasteiger partial charge on any atom is 0.334 e. The van der Waals surface area contributed by atoms with Gasteiger partial charge in [0.2, 0.25) is 0 Å². The largest absolute Gasteiger partial charge is 0.334 e. The Morgan fingerprint density at radius 1 is 0.680 bits per heavy atom. The van der Waals surface area contributed by atoms with Crippen LogP contribution < -0.4 is 24.8 Å². The highest BCUT2D eigenvalue weighted by molar-refractivity contribution is 8.12. The Morgan fingerprint density at radius 2 is 1.14 bits per heavy atom. The summed E-state index contributed by atoms with van der Waals surface area (Å²) in [5.74, 6) is 0. The number of rotatable bonds is 6. The molecule has 0 atom stereocenters. The Morgan fingerprint density at radius 3 is 1.60 bits per heavy atom. The number of fused-ring (bicyclic) bond motifs is 5. The van der Waals surface area contributed by atoms with Crippen molar-refractivity contribution in [3.8, 4) is 0 Å². The van der Waals surface area contributed by atoms with Gasteiger partial charge in [0.05, 0.1) is 17.4 Å². The fourth-order valence-corrected chi connectivity index (χ4v) is 9.10. The summed E-state index contributed by atoms with van der Waals surface area (Å²) in [6.45, 7) is 0. The van der Waals surface area contributed by atoms with Gasteiger partial charge < -0.3 is 10.6 Å². The van der Waals surface area contributed by atoms with Crippen molar-refractivity contribution in [1.29, 1.82) is 0 Å². The Bertz CT molecular complexity index is 2210. The molecule has 0 saturated heterocycles. The molecule has 0 radical (unpaired) electrons. The number of halogens is 1. The number of nitrogens with one attached hydrogen (secondary N) is 5. The molecule has 4 aliphatic carbocycles. The number of nitrogens with zero attached hydrogens (tertiary/aromatic N) is 2. The molecule has 4 aromatic rings. The fourth-order valence-electron chi connectivity index (χ4n) is 7.83. The van der Waals surface area contributed by atoms with E-state index in [0.29, 0.717) is 5.69 Å². The monoisotopic (exact) mass is 739 g/mol. The Hall–Kier alpha value is -4.34. The highest BCUT2D eigenvalue weighted by atomic mass is 35.7. The van der Waals surface area contributed by atoms with Crippen molar-refractivity contribution in [1.82, 2.24) is 19.2 Å². The van der Waals surface area contributed by atoms with Crippen molar-refractivity contribution in [2.75, 3.05) is 15.4 Å². The van der Waals surface area contributed by atoms with Crippen LogP contribution in [0.4, 0.5) is 26.7 Å². The van der Waals surface area contributed by atoms with Crippen molar-refractivity contribution in [2.24, 2.45) is 7.05 Å². The quantitative estimate of drug-likeness (QED) is 0.167. The molecule has 0 spiro atoms. The molecular weight excluding hydrogens is 702 g/mol.